The second-order valence-corrected chi connectivity index (χ2v) is 16.7. The van der Waals surface area contributed by atoms with Crippen LogP contribution in [0.4, 0.5) is 17.1 Å². The SMILES string of the molecule is c1ccc(C2(c3ccccc3)c3ccccc3-c3ccc(N(c4ccc5c(c4)-c4ccccc4C54CCCCC4)c4ccc5ccc6ccccc6c5c4)cc32)cc1. The first-order chi connectivity index (χ1) is 28.7. The molecule has 0 saturated heterocycles. The zero-order valence-corrected chi connectivity index (χ0v) is 32.5. The normalized spacial score (nSPS) is 15.5. The van der Waals surface area contributed by atoms with E-state index in [9.17, 15) is 0 Å². The molecule has 276 valence electrons. The quantitative estimate of drug-likeness (QED) is 0.159. The maximum absolute atomic E-state index is 2.53. The number of hydrogen-bond acceptors (Lipinski definition) is 1. The summed E-state index contributed by atoms with van der Waals surface area (Å²) in [6.07, 6.45) is 6.36. The highest BCUT2D eigenvalue weighted by Gasteiger charge is 2.47. The summed E-state index contributed by atoms with van der Waals surface area (Å²) < 4.78 is 0. The Balaban J connectivity index is 1.13. The van der Waals surface area contributed by atoms with Gasteiger partial charge in [-0.3, -0.25) is 0 Å². The molecule has 1 heteroatoms. The fraction of sp³-hybridized carbons (Fsp3) is 0.123. The maximum Gasteiger partial charge on any atom is 0.0714 e. The summed E-state index contributed by atoms with van der Waals surface area (Å²) in [7, 11) is 0. The Kier molecular flexibility index (Phi) is 7.45. The van der Waals surface area contributed by atoms with Crippen molar-refractivity contribution in [2.24, 2.45) is 0 Å². The van der Waals surface area contributed by atoms with E-state index in [0.717, 1.165) is 11.4 Å². The standard InChI is InChI=1S/C57H43N/c1-4-17-41(18-5-1)57(42-19-6-2-7-20-42)54-25-13-11-22-47(54)49-32-30-45(38-55(49)57)58(43-29-28-40-27-26-39-16-8-9-21-46(39)50(40)36-43)44-31-33-53-51(37-44)48-23-10-12-24-52(48)56(53)34-14-3-15-35-56/h1-2,4-13,16-33,36-38H,3,14-15,34-35H2. The molecule has 0 amide bonds. The van der Waals surface area contributed by atoms with Gasteiger partial charge in [-0.05, 0) is 126 Å². The van der Waals surface area contributed by atoms with Crippen LogP contribution in [0.2, 0.25) is 0 Å². The highest BCUT2D eigenvalue weighted by molar-refractivity contribution is 6.09. The van der Waals surface area contributed by atoms with Crippen LogP contribution in [0.5, 0.6) is 0 Å². The third kappa shape index (κ3) is 4.71. The fourth-order valence-electron chi connectivity index (χ4n) is 11.4. The molecule has 0 aliphatic heterocycles. The predicted molar refractivity (Wildman–Crippen MR) is 243 cm³/mol. The lowest BCUT2D eigenvalue weighted by Crippen LogP contribution is -2.28. The van der Waals surface area contributed by atoms with Crippen molar-refractivity contribution >= 4 is 38.6 Å². The molecule has 1 fully saturated rings. The van der Waals surface area contributed by atoms with Gasteiger partial charge >= 0.3 is 0 Å². The first-order valence-corrected chi connectivity index (χ1v) is 21.1. The van der Waals surface area contributed by atoms with Crippen LogP contribution < -0.4 is 4.90 Å². The minimum absolute atomic E-state index is 0.111. The minimum Gasteiger partial charge on any atom is -0.310 e. The van der Waals surface area contributed by atoms with Crippen LogP contribution in [-0.2, 0) is 10.8 Å². The monoisotopic (exact) mass is 741 g/mol. The molecule has 3 aliphatic carbocycles. The summed E-state index contributed by atoms with van der Waals surface area (Å²) in [6.45, 7) is 0. The highest BCUT2D eigenvalue weighted by Crippen LogP contribution is 2.59. The zero-order chi connectivity index (χ0) is 38.3. The van der Waals surface area contributed by atoms with Gasteiger partial charge < -0.3 is 4.90 Å². The number of rotatable bonds is 5. The molecular weight excluding hydrogens is 699 g/mol. The van der Waals surface area contributed by atoms with Gasteiger partial charge in [0, 0.05) is 22.5 Å². The molecule has 0 bridgehead atoms. The molecule has 0 atom stereocenters. The molecule has 9 aromatic rings. The van der Waals surface area contributed by atoms with Crippen molar-refractivity contribution < 1.29 is 0 Å². The summed E-state index contributed by atoms with van der Waals surface area (Å²) in [6, 6.07) is 75.7. The number of hydrogen-bond donors (Lipinski definition) is 0. The van der Waals surface area contributed by atoms with Crippen LogP contribution in [0.15, 0.2) is 200 Å². The summed E-state index contributed by atoms with van der Waals surface area (Å²) in [5.74, 6) is 0. The van der Waals surface area contributed by atoms with Crippen molar-refractivity contribution in [1.82, 2.24) is 0 Å². The average molecular weight is 742 g/mol. The molecule has 3 aliphatic rings. The zero-order valence-electron chi connectivity index (χ0n) is 32.5. The van der Waals surface area contributed by atoms with E-state index >= 15 is 0 Å². The van der Waals surface area contributed by atoms with E-state index in [1.54, 1.807) is 0 Å². The van der Waals surface area contributed by atoms with E-state index in [4.69, 9.17) is 0 Å². The number of fused-ring (bicyclic) bond motifs is 11. The number of nitrogens with zero attached hydrogens (tertiary/aromatic N) is 1. The van der Waals surface area contributed by atoms with Crippen molar-refractivity contribution in [3.8, 4) is 22.3 Å². The van der Waals surface area contributed by atoms with Gasteiger partial charge in [-0.2, -0.15) is 0 Å². The van der Waals surface area contributed by atoms with E-state index in [0.29, 0.717) is 0 Å². The van der Waals surface area contributed by atoms with Crippen molar-refractivity contribution in [2.75, 3.05) is 4.90 Å². The van der Waals surface area contributed by atoms with Gasteiger partial charge in [0.1, 0.15) is 0 Å². The number of anilines is 3. The highest BCUT2D eigenvalue weighted by atomic mass is 15.1. The molecule has 0 radical (unpaired) electrons. The molecule has 0 N–H and O–H groups in total. The summed E-state index contributed by atoms with van der Waals surface area (Å²) in [5.41, 5.74) is 16.7. The third-order valence-corrected chi connectivity index (χ3v) is 13.9. The van der Waals surface area contributed by atoms with Crippen LogP contribution >= 0.6 is 0 Å². The van der Waals surface area contributed by atoms with Crippen molar-refractivity contribution in [1.29, 1.82) is 0 Å². The van der Waals surface area contributed by atoms with E-state index in [1.807, 2.05) is 0 Å². The fourth-order valence-corrected chi connectivity index (χ4v) is 11.4. The van der Waals surface area contributed by atoms with Gasteiger partial charge in [-0.25, -0.2) is 0 Å². The molecule has 0 unspecified atom stereocenters. The van der Waals surface area contributed by atoms with Gasteiger partial charge in [0.2, 0.25) is 0 Å². The molecule has 58 heavy (non-hydrogen) atoms. The Morgan fingerprint density at radius 2 is 0.845 bits per heavy atom. The molecule has 1 spiro atoms. The van der Waals surface area contributed by atoms with Crippen LogP contribution in [0.25, 0.3) is 43.8 Å². The Labute approximate surface area is 340 Å². The Morgan fingerprint density at radius 3 is 1.60 bits per heavy atom. The molecule has 12 rings (SSSR count). The third-order valence-electron chi connectivity index (χ3n) is 13.9. The molecule has 0 aromatic heterocycles. The van der Waals surface area contributed by atoms with E-state index in [-0.39, 0.29) is 5.41 Å². The maximum atomic E-state index is 2.53. The summed E-state index contributed by atoms with van der Waals surface area (Å²) >= 11 is 0. The number of benzene rings is 9. The lowest BCUT2D eigenvalue weighted by Gasteiger charge is -2.36. The van der Waals surface area contributed by atoms with Crippen molar-refractivity contribution in [2.45, 2.75) is 42.9 Å². The average Bonchev–Trinajstić information content (AvgIpc) is 3.74. The van der Waals surface area contributed by atoms with E-state index in [1.165, 1.54) is 115 Å². The largest absolute Gasteiger partial charge is 0.310 e. The van der Waals surface area contributed by atoms with E-state index in [2.05, 4.69) is 205 Å². The van der Waals surface area contributed by atoms with E-state index < -0.39 is 5.41 Å². The lowest BCUT2D eigenvalue weighted by molar-refractivity contribution is 0.353. The first kappa shape index (κ1) is 33.4. The van der Waals surface area contributed by atoms with Crippen LogP contribution in [-0.4, -0.2) is 0 Å². The topological polar surface area (TPSA) is 3.24 Å². The molecule has 0 heterocycles. The molecule has 9 aromatic carbocycles. The van der Waals surface area contributed by atoms with Gasteiger partial charge in [-0.15, -0.1) is 0 Å². The smallest absolute Gasteiger partial charge is 0.0714 e. The van der Waals surface area contributed by atoms with Crippen LogP contribution in [0, 0.1) is 0 Å². The molecule has 1 nitrogen and oxygen atoms in total. The summed E-state index contributed by atoms with van der Waals surface area (Å²) in [4.78, 5) is 2.53. The first-order valence-electron chi connectivity index (χ1n) is 21.1. The van der Waals surface area contributed by atoms with Crippen molar-refractivity contribution in [3.05, 3.63) is 234 Å². The van der Waals surface area contributed by atoms with Crippen LogP contribution in [0.1, 0.15) is 65.5 Å². The minimum atomic E-state index is -0.486. The molecule has 1 saturated carbocycles. The second-order valence-electron chi connectivity index (χ2n) is 16.7. The van der Waals surface area contributed by atoms with Crippen LogP contribution in [0.3, 0.4) is 0 Å². The van der Waals surface area contributed by atoms with Gasteiger partial charge in [-0.1, -0.05) is 183 Å². The Bertz CT molecular complexity index is 3000. The van der Waals surface area contributed by atoms with Gasteiger partial charge in [0.05, 0.1) is 5.41 Å². The lowest BCUT2D eigenvalue weighted by atomic mass is 9.67. The predicted octanol–water partition coefficient (Wildman–Crippen LogP) is 15.1. The summed E-state index contributed by atoms with van der Waals surface area (Å²) in [5, 5.41) is 5.06. The molecular formula is C57H43N. The van der Waals surface area contributed by atoms with Crippen molar-refractivity contribution in [3.63, 3.8) is 0 Å². The second kappa shape index (κ2) is 12.9. The van der Waals surface area contributed by atoms with Gasteiger partial charge in [0.15, 0.2) is 0 Å². The van der Waals surface area contributed by atoms with Gasteiger partial charge in [0.25, 0.3) is 0 Å². The Hall–Kier alpha value is -6.70. The Morgan fingerprint density at radius 1 is 0.328 bits per heavy atom.